The number of alkyl halides is 3. The van der Waals surface area contributed by atoms with Crippen LogP contribution in [-0.2, 0) is 19.9 Å². The minimum Gasteiger partial charge on any atom is -0.457 e. The van der Waals surface area contributed by atoms with Gasteiger partial charge in [0.2, 0.25) is 0 Å². The van der Waals surface area contributed by atoms with Crippen LogP contribution in [0.2, 0.25) is 0 Å². The zero-order chi connectivity index (χ0) is 26.9. The van der Waals surface area contributed by atoms with Crippen molar-refractivity contribution >= 4 is 28.1 Å². The van der Waals surface area contributed by atoms with Crippen LogP contribution in [0.1, 0.15) is 60.0 Å². The first-order valence-electron chi connectivity index (χ1n) is 13.3. The highest BCUT2D eigenvalue weighted by atomic mass is 32.1. The Labute approximate surface area is 224 Å². The Morgan fingerprint density at radius 2 is 1.97 bits per heavy atom. The summed E-state index contributed by atoms with van der Waals surface area (Å²) in [7, 11) is 1.86. The molecule has 3 heterocycles. The SMILES string of the molecule is C[C@@H](Oc1nc2c(s1)CCN(CC[C@H]1CC[C@H](NC(=O)c3cccc4nn(C)cc34)CC1)CC2)C(F)(F)F. The van der Waals surface area contributed by atoms with Crippen LogP contribution in [0.3, 0.4) is 0 Å². The summed E-state index contributed by atoms with van der Waals surface area (Å²) in [6.07, 6.45) is 2.46. The van der Waals surface area contributed by atoms with Crippen LogP contribution in [0.15, 0.2) is 24.4 Å². The number of carbonyl (C=O) groups excluding carboxylic acids is 1. The molecule has 1 saturated carbocycles. The number of hydrogen-bond donors (Lipinski definition) is 1. The second kappa shape index (κ2) is 11.2. The van der Waals surface area contributed by atoms with Crippen LogP contribution >= 0.6 is 11.3 Å². The predicted molar refractivity (Wildman–Crippen MR) is 141 cm³/mol. The van der Waals surface area contributed by atoms with E-state index in [1.165, 1.54) is 11.3 Å². The Bertz CT molecular complexity index is 1240. The normalized spacial score (nSPS) is 21.6. The van der Waals surface area contributed by atoms with Gasteiger partial charge in [0.15, 0.2) is 6.10 Å². The van der Waals surface area contributed by atoms with Crippen molar-refractivity contribution in [1.29, 1.82) is 0 Å². The molecule has 0 radical (unpaired) electrons. The molecule has 7 nitrogen and oxygen atoms in total. The third-order valence-corrected chi connectivity index (χ3v) is 8.81. The minimum atomic E-state index is -4.39. The minimum absolute atomic E-state index is 0.0286. The molecule has 1 aliphatic heterocycles. The number of rotatable bonds is 7. The van der Waals surface area contributed by atoms with E-state index in [2.05, 4.69) is 20.3 Å². The highest BCUT2D eigenvalue weighted by Gasteiger charge is 2.39. The smallest absolute Gasteiger partial charge is 0.425 e. The van der Waals surface area contributed by atoms with Crippen molar-refractivity contribution in [2.75, 3.05) is 19.6 Å². The van der Waals surface area contributed by atoms with Gasteiger partial charge < -0.3 is 15.0 Å². The van der Waals surface area contributed by atoms with Crippen molar-refractivity contribution in [3.63, 3.8) is 0 Å². The maximum absolute atomic E-state index is 13.0. The number of hydrogen-bond acceptors (Lipinski definition) is 6. The number of benzene rings is 1. The molecule has 0 spiro atoms. The number of ether oxygens (including phenoxy) is 1. The number of amides is 1. The molecule has 206 valence electrons. The Hall–Kier alpha value is -2.66. The number of halogens is 3. The van der Waals surface area contributed by atoms with Crippen molar-refractivity contribution in [2.45, 2.75) is 70.2 Å². The molecule has 1 amide bonds. The maximum Gasteiger partial charge on any atom is 0.425 e. The van der Waals surface area contributed by atoms with E-state index < -0.39 is 12.3 Å². The largest absolute Gasteiger partial charge is 0.457 e. The topological polar surface area (TPSA) is 72.3 Å². The van der Waals surface area contributed by atoms with E-state index in [4.69, 9.17) is 4.74 Å². The highest BCUT2D eigenvalue weighted by molar-refractivity contribution is 7.13. The number of thiazole rings is 1. The third-order valence-electron chi connectivity index (χ3n) is 7.76. The third kappa shape index (κ3) is 6.31. The fourth-order valence-corrected chi connectivity index (χ4v) is 6.48. The quantitative estimate of drug-likeness (QED) is 0.442. The molecule has 38 heavy (non-hydrogen) atoms. The van der Waals surface area contributed by atoms with E-state index in [0.717, 1.165) is 93.0 Å². The van der Waals surface area contributed by atoms with Crippen LogP contribution in [0, 0.1) is 5.92 Å². The highest BCUT2D eigenvalue weighted by Crippen LogP contribution is 2.32. The van der Waals surface area contributed by atoms with Crippen molar-refractivity contribution < 1.29 is 22.7 Å². The van der Waals surface area contributed by atoms with Crippen LogP contribution in [0.4, 0.5) is 13.2 Å². The Balaban J connectivity index is 1.05. The molecule has 1 atom stereocenters. The molecule has 0 saturated heterocycles. The number of carbonyl (C=O) groups is 1. The first-order valence-corrected chi connectivity index (χ1v) is 14.1. The van der Waals surface area contributed by atoms with Gasteiger partial charge in [-0.05, 0) is 70.0 Å². The zero-order valence-corrected chi connectivity index (χ0v) is 22.6. The number of aromatic nitrogens is 3. The van der Waals surface area contributed by atoms with Crippen LogP contribution in [0.25, 0.3) is 10.9 Å². The van der Waals surface area contributed by atoms with E-state index in [9.17, 15) is 18.0 Å². The summed E-state index contributed by atoms with van der Waals surface area (Å²) in [5.74, 6) is 0.614. The van der Waals surface area contributed by atoms with Gasteiger partial charge in [0.25, 0.3) is 11.1 Å². The lowest BCUT2D eigenvalue weighted by Crippen LogP contribution is -2.38. The van der Waals surface area contributed by atoms with Crippen LogP contribution in [0.5, 0.6) is 5.19 Å². The van der Waals surface area contributed by atoms with Crippen molar-refractivity contribution in [2.24, 2.45) is 13.0 Å². The van der Waals surface area contributed by atoms with Crippen LogP contribution < -0.4 is 10.1 Å². The number of nitrogens with zero attached hydrogens (tertiary/aromatic N) is 4. The Morgan fingerprint density at radius 1 is 1.21 bits per heavy atom. The summed E-state index contributed by atoms with van der Waals surface area (Å²) in [4.78, 5) is 20.8. The second-order valence-electron chi connectivity index (χ2n) is 10.5. The fourth-order valence-electron chi connectivity index (χ4n) is 5.46. The summed E-state index contributed by atoms with van der Waals surface area (Å²) in [6.45, 7) is 3.76. The van der Waals surface area contributed by atoms with Gasteiger partial charge >= 0.3 is 6.18 Å². The fraction of sp³-hybridized carbons (Fsp3) is 0.593. The van der Waals surface area contributed by atoms with E-state index in [-0.39, 0.29) is 17.1 Å². The summed E-state index contributed by atoms with van der Waals surface area (Å²) in [5, 5.41) is 8.63. The van der Waals surface area contributed by atoms with E-state index in [0.29, 0.717) is 11.5 Å². The van der Waals surface area contributed by atoms with E-state index in [1.54, 1.807) is 4.68 Å². The second-order valence-corrected chi connectivity index (χ2v) is 11.6. The average Bonchev–Trinajstić information content (AvgIpc) is 3.39. The van der Waals surface area contributed by atoms with Crippen molar-refractivity contribution in [1.82, 2.24) is 25.0 Å². The lowest BCUT2D eigenvalue weighted by Gasteiger charge is -2.30. The lowest BCUT2D eigenvalue weighted by atomic mass is 9.84. The van der Waals surface area contributed by atoms with Gasteiger partial charge in [-0.1, -0.05) is 17.4 Å². The van der Waals surface area contributed by atoms with E-state index in [1.807, 2.05) is 31.4 Å². The summed E-state index contributed by atoms with van der Waals surface area (Å²) in [6, 6.07) is 5.85. The molecule has 1 aromatic carbocycles. The molecule has 2 aliphatic rings. The lowest BCUT2D eigenvalue weighted by molar-refractivity contribution is -0.189. The number of nitrogens with one attached hydrogen (secondary N) is 1. The summed E-state index contributed by atoms with van der Waals surface area (Å²) < 4.78 is 45.2. The molecule has 1 fully saturated rings. The van der Waals surface area contributed by atoms with Crippen LogP contribution in [-0.4, -0.2) is 63.5 Å². The zero-order valence-electron chi connectivity index (χ0n) is 21.8. The Kier molecular flexibility index (Phi) is 7.95. The molecule has 0 bridgehead atoms. The van der Waals surface area contributed by atoms with Gasteiger partial charge in [0.1, 0.15) is 0 Å². The van der Waals surface area contributed by atoms with Gasteiger partial charge in [-0.3, -0.25) is 9.48 Å². The molecular weight excluding hydrogens is 515 g/mol. The van der Waals surface area contributed by atoms with Gasteiger partial charge in [-0.15, -0.1) is 0 Å². The van der Waals surface area contributed by atoms with Gasteiger partial charge in [0, 0.05) is 49.1 Å². The maximum atomic E-state index is 13.0. The van der Waals surface area contributed by atoms with Gasteiger partial charge in [-0.25, -0.2) is 4.98 Å². The number of aryl methyl sites for hydroxylation is 1. The molecule has 1 N–H and O–H groups in total. The van der Waals surface area contributed by atoms with Crippen molar-refractivity contribution in [3.05, 3.63) is 40.5 Å². The predicted octanol–water partition coefficient (Wildman–Crippen LogP) is 5.14. The molecule has 1 aliphatic carbocycles. The Morgan fingerprint density at radius 3 is 2.74 bits per heavy atom. The molecule has 5 rings (SSSR count). The molecular formula is C27H34F3N5O2S. The van der Waals surface area contributed by atoms with Gasteiger partial charge in [-0.2, -0.15) is 18.3 Å². The standard InChI is InChI=1S/C27H34F3N5O2S/c1-17(27(28,29)30)37-26-32-23-11-14-35(15-12-24(23)38-26)13-10-18-6-8-19(9-7-18)31-25(36)20-4-3-5-22-21(20)16-34(2)33-22/h3-5,16-19H,6-15H2,1-2H3,(H,31,36)/t17-,18-,19-/m1/s1. The first kappa shape index (κ1) is 26.9. The van der Waals surface area contributed by atoms with E-state index >= 15 is 0 Å². The van der Waals surface area contributed by atoms with Crippen molar-refractivity contribution in [3.8, 4) is 5.19 Å². The molecule has 3 aromatic rings. The monoisotopic (exact) mass is 549 g/mol. The summed E-state index contributed by atoms with van der Waals surface area (Å²) in [5.41, 5.74) is 2.38. The molecule has 0 unspecified atom stereocenters. The molecule has 11 heteroatoms. The number of fused-ring (bicyclic) bond motifs is 2. The first-order chi connectivity index (χ1) is 18.2. The van der Waals surface area contributed by atoms with Gasteiger partial charge in [0.05, 0.1) is 16.8 Å². The molecule has 2 aromatic heterocycles. The summed E-state index contributed by atoms with van der Waals surface area (Å²) >= 11 is 1.25. The average molecular weight is 550 g/mol.